The number of hydrogen-bond donors (Lipinski definition) is 1. The number of rotatable bonds is 5. The third-order valence-electron chi connectivity index (χ3n) is 7.26. The van der Waals surface area contributed by atoms with Crippen LogP contribution in [-0.2, 0) is 25.1 Å². The first-order chi connectivity index (χ1) is 19.4. The predicted molar refractivity (Wildman–Crippen MR) is 136 cm³/mol. The van der Waals surface area contributed by atoms with Crippen molar-refractivity contribution in [1.82, 2.24) is 9.80 Å². The number of likely N-dealkylation sites (N-methyl/N-ethyl adjacent to an activating group) is 1. The minimum atomic E-state index is -5.09. The van der Waals surface area contributed by atoms with Crippen molar-refractivity contribution in [2.24, 2.45) is 21.2 Å². The van der Waals surface area contributed by atoms with E-state index in [-0.39, 0.29) is 24.1 Å². The van der Waals surface area contributed by atoms with Crippen LogP contribution in [0.2, 0.25) is 0 Å². The highest BCUT2D eigenvalue weighted by molar-refractivity contribution is 5.79. The first-order valence-corrected chi connectivity index (χ1v) is 12.8. The van der Waals surface area contributed by atoms with Crippen LogP contribution in [0.1, 0.15) is 46.7 Å². The van der Waals surface area contributed by atoms with Crippen molar-refractivity contribution in [3.8, 4) is 0 Å². The number of anilines is 1. The quantitative estimate of drug-likeness (QED) is 0.138. The van der Waals surface area contributed by atoms with E-state index in [4.69, 9.17) is 5.73 Å². The maximum atomic E-state index is 13.6. The molecule has 2 heterocycles. The van der Waals surface area contributed by atoms with Gasteiger partial charge >= 0.3 is 18.5 Å². The van der Waals surface area contributed by atoms with Crippen molar-refractivity contribution in [1.29, 1.82) is 0 Å². The number of nitrogens with two attached hydrogens (primary N) is 1. The van der Waals surface area contributed by atoms with Crippen molar-refractivity contribution in [3.05, 3.63) is 64.2 Å². The van der Waals surface area contributed by atoms with Gasteiger partial charge in [-0.2, -0.15) is 44.6 Å². The Bertz CT molecular complexity index is 1300. The Balaban J connectivity index is 1.80. The van der Waals surface area contributed by atoms with Crippen molar-refractivity contribution < 1.29 is 39.5 Å². The van der Waals surface area contributed by atoms with Crippen LogP contribution < -0.4 is 10.6 Å². The van der Waals surface area contributed by atoms with Gasteiger partial charge in [-0.05, 0) is 72.6 Å². The molecule has 0 saturated carbocycles. The third kappa shape index (κ3) is 7.25. The molecule has 2 aliphatic rings. The molecular formula is C26H28F9N7. The Hall–Kier alpha value is -3.56. The Labute approximate surface area is 235 Å². The molecule has 2 atom stereocenters. The first kappa shape index (κ1) is 31.4. The number of fused-ring (bicyclic) bond motifs is 1. The molecule has 2 aliphatic heterocycles. The molecule has 0 radical (unpaired) electrons. The second-order valence-electron chi connectivity index (χ2n) is 10.4. The number of hydrogen-bond acceptors (Lipinski definition) is 4. The van der Waals surface area contributed by atoms with Crippen LogP contribution in [0.15, 0.2) is 51.8 Å². The van der Waals surface area contributed by atoms with Gasteiger partial charge in [0.2, 0.25) is 5.96 Å². The highest BCUT2D eigenvalue weighted by atomic mass is 19.4. The van der Waals surface area contributed by atoms with Gasteiger partial charge < -0.3 is 20.4 Å². The summed E-state index contributed by atoms with van der Waals surface area (Å²) in [7, 11) is 3.53. The molecule has 4 rings (SSSR count). The van der Waals surface area contributed by atoms with Crippen LogP contribution in [0.4, 0.5) is 45.2 Å². The van der Waals surface area contributed by atoms with E-state index in [2.05, 4.69) is 15.4 Å². The lowest BCUT2D eigenvalue weighted by molar-refractivity contribution is -0.143. The zero-order valence-corrected chi connectivity index (χ0v) is 22.5. The van der Waals surface area contributed by atoms with E-state index in [1.165, 1.54) is 11.0 Å². The second kappa shape index (κ2) is 11.6. The molecule has 0 aromatic heterocycles. The molecule has 0 spiro atoms. The average Bonchev–Trinajstić information content (AvgIpc) is 3.30. The molecule has 2 N–H and O–H groups in total. The summed E-state index contributed by atoms with van der Waals surface area (Å²) in [5, 5.41) is 11.7. The topological polar surface area (TPSA) is 72.8 Å². The summed E-state index contributed by atoms with van der Waals surface area (Å²) in [6.07, 6.45) is -14.1. The molecule has 1 saturated heterocycles. The van der Waals surface area contributed by atoms with Crippen molar-refractivity contribution in [3.63, 3.8) is 0 Å². The molecule has 7 nitrogen and oxygen atoms in total. The summed E-state index contributed by atoms with van der Waals surface area (Å²) in [4.78, 5) is 4.86. The van der Waals surface area contributed by atoms with E-state index < -0.39 is 59.3 Å². The number of nitrogens with zero attached hydrogens (tertiary/aromatic N) is 6. The van der Waals surface area contributed by atoms with E-state index in [1.807, 2.05) is 11.9 Å². The average molecular weight is 610 g/mol. The van der Waals surface area contributed by atoms with E-state index in [1.54, 1.807) is 11.9 Å². The van der Waals surface area contributed by atoms with Gasteiger partial charge in [-0.25, -0.2) is 0 Å². The summed E-state index contributed by atoms with van der Waals surface area (Å²) in [5.41, 5.74) is 2.28. The van der Waals surface area contributed by atoms with Gasteiger partial charge in [-0.1, -0.05) is 5.10 Å². The number of alkyl halides is 9. The van der Waals surface area contributed by atoms with E-state index in [0.717, 1.165) is 18.7 Å². The molecule has 230 valence electrons. The molecule has 2 unspecified atom stereocenters. The maximum Gasteiger partial charge on any atom is 0.416 e. The third-order valence-corrected chi connectivity index (χ3v) is 7.26. The molecule has 42 heavy (non-hydrogen) atoms. The van der Waals surface area contributed by atoms with Crippen LogP contribution in [-0.4, -0.2) is 55.5 Å². The second-order valence-corrected chi connectivity index (χ2v) is 10.4. The number of likely N-dealkylation sites (tertiary alicyclic amines) is 1. The molecule has 1 fully saturated rings. The normalized spacial score (nSPS) is 20.8. The largest absolute Gasteiger partial charge is 0.416 e. The Morgan fingerprint density at radius 1 is 0.857 bits per heavy atom. The van der Waals surface area contributed by atoms with Crippen LogP contribution in [0.25, 0.3) is 0 Å². The molecule has 0 bridgehead atoms. The fraction of sp³-hybridized carbons (Fsp3) is 0.500. The summed E-state index contributed by atoms with van der Waals surface area (Å²) >= 11 is 0. The van der Waals surface area contributed by atoms with Gasteiger partial charge in [0, 0.05) is 38.9 Å². The molecule has 16 heteroatoms. The van der Waals surface area contributed by atoms with Gasteiger partial charge in [0.05, 0.1) is 28.8 Å². The number of benzene rings is 2. The predicted octanol–water partition coefficient (Wildman–Crippen LogP) is 6.51. The van der Waals surface area contributed by atoms with Crippen LogP contribution >= 0.6 is 0 Å². The van der Waals surface area contributed by atoms with Crippen molar-refractivity contribution >= 4 is 11.6 Å². The van der Waals surface area contributed by atoms with Gasteiger partial charge in [-0.15, -0.1) is 0 Å². The molecule has 2 aromatic rings. The monoisotopic (exact) mass is 609 g/mol. The Morgan fingerprint density at radius 2 is 1.48 bits per heavy atom. The van der Waals surface area contributed by atoms with Crippen LogP contribution in [0.3, 0.4) is 0 Å². The highest BCUT2D eigenvalue weighted by Crippen LogP contribution is 2.42. The molecule has 2 aromatic carbocycles. The highest BCUT2D eigenvalue weighted by Gasteiger charge is 2.39. The summed E-state index contributed by atoms with van der Waals surface area (Å²) in [6, 6.07) is 2.97. The van der Waals surface area contributed by atoms with E-state index in [0.29, 0.717) is 37.3 Å². The number of guanidine groups is 1. The molecule has 0 amide bonds. The number of halogens is 9. The summed E-state index contributed by atoms with van der Waals surface area (Å²) in [6.45, 7) is 1.03. The van der Waals surface area contributed by atoms with Gasteiger partial charge in [-0.3, -0.25) is 0 Å². The smallest absolute Gasteiger partial charge is 0.374 e. The Morgan fingerprint density at radius 3 is 2.02 bits per heavy atom. The van der Waals surface area contributed by atoms with Gasteiger partial charge in [0.25, 0.3) is 0 Å². The maximum absolute atomic E-state index is 13.6. The molecular weight excluding hydrogens is 581 g/mol. The summed E-state index contributed by atoms with van der Waals surface area (Å²) in [5.74, 6) is -0.422. The van der Waals surface area contributed by atoms with Gasteiger partial charge in [0.1, 0.15) is 0 Å². The summed E-state index contributed by atoms with van der Waals surface area (Å²) < 4.78 is 122. The van der Waals surface area contributed by atoms with Crippen molar-refractivity contribution in [2.75, 3.05) is 38.6 Å². The minimum absolute atomic E-state index is 0.00139. The van der Waals surface area contributed by atoms with E-state index >= 15 is 0 Å². The fourth-order valence-electron chi connectivity index (χ4n) is 5.13. The SMILES string of the molecule is CN1CCC(N=N/N=C(\N)N(Cc2cc(C(F)(F)F)cc(C(F)(F)F)c2)C2CCN(C)c3ccc(C(F)(F)F)cc32)C1. The van der Waals surface area contributed by atoms with Crippen LogP contribution in [0, 0.1) is 0 Å². The fourth-order valence-corrected chi connectivity index (χ4v) is 5.13. The lowest BCUT2D eigenvalue weighted by Gasteiger charge is -2.40. The standard InChI is InChI=1S/C26H28F9N7/c1-40-7-5-19(14-40)37-39-38-23(36)42(13-15-9-17(25(30,31)32)11-18(10-15)26(33,34)35)22-6-8-41(2)21-4-3-16(12-20(21)22)24(27,28)29/h3-4,9-12,19,22H,5-8,13-14H2,1-2H3,(H2,36,37,38). The molecule has 0 aliphatic carbocycles. The van der Waals surface area contributed by atoms with Gasteiger partial charge in [0.15, 0.2) is 0 Å². The lowest BCUT2D eigenvalue weighted by atomic mass is 9.92. The van der Waals surface area contributed by atoms with Crippen LogP contribution in [0.5, 0.6) is 0 Å². The van der Waals surface area contributed by atoms with E-state index in [9.17, 15) is 39.5 Å². The Kier molecular flexibility index (Phi) is 8.67. The van der Waals surface area contributed by atoms with Crippen molar-refractivity contribution in [2.45, 2.75) is 50.0 Å². The first-order valence-electron chi connectivity index (χ1n) is 12.8. The zero-order chi connectivity index (χ0) is 31.0. The zero-order valence-electron chi connectivity index (χ0n) is 22.5. The minimum Gasteiger partial charge on any atom is -0.374 e. The lowest BCUT2D eigenvalue weighted by Crippen LogP contribution is -2.43.